The maximum atomic E-state index is 12.9. The number of anilines is 1. The van der Waals surface area contributed by atoms with Crippen molar-refractivity contribution in [3.63, 3.8) is 0 Å². The Labute approximate surface area is 170 Å². The van der Waals surface area contributed by atoms with Crippen LogP contribution in [0.5, 0.6) is 11.6 Å². The fourth-order valence-electron chi connectivity index (χ4n) is 2.80. The second-order valence-corrected chi connectivity index (χ2v) is 7.67. The number of fused-ring (bicyclic) bond motifs is 1. The fraction of sp³-hybridized carbons (Fsp3) is 0.421. The molecule has 3 aromatic heterocycles. The van der Waals surface area contributed by atoms with Crippen molar-refractivity contribution in [2.45, 2.75) is 38.0 Å². The van der Waals surface area contributed by atoms with Gasteiger partial charge in [-0.3, -0.25) is 4.72 Å². The number of methoxy groups -OCH3 is 1. The molecule has 3 heterocycles. The molecule has 0 fully saturated rings. The van der Waals surface area contributed by atoms with Crippen molar-refractivity contribution in [3.8, 4) is 11.6 Å². The third-order valence-electron chi connectivity index (χ3n) is 4.48. The first-order chi connectivity index (χ1) is 14.0. The lowest BCUT2D eigenvalue weighted by Gasteiger charge is -2.18. The van der Waals surface area contributed by atoms with Gasteiger partial charge in [0.15, 0.2) is 11.0 Å². The molecular formula is C19H24FN5O3S. The molecule has 0 bridgehead atoms. The average molecular weight is 421 g/mol. The highest BCUT2D eigenvalue weighted by Crippen LogP contribution is 2.35. The number of aryl methyl sites for hydroxylation is 1. The first-order valence-corrected chi connectivity index (χ1v) is 10.4. The summed E-state index contributed by atoms with van der Waals surface area (Å²) < 4.78 is 39.2. The molecule has 0 aliphatic carbocycles. The molecule has 0 saturated carbocycles. The van der Waals surface area contributed by atoms with Gasteiger partial charge in [-0.1, -0.05) is 13.8 Å². The van der Waals surface area contributed by atoms with E-state index in [0.29, 0.717) is 22.0 Å². The monoisotopic (exact) mass is 421 g/mol. The van der Waals surface area contributed by atoms with Gasteiger partial charge >= 0.3 is 0 Å². The van der Waals surface area contributed by atoms with Crippen molar-refractivity contribution < 1.29 is 18.1 Å². The molecule has 3 rings (SSSR count). The number of halogens is 1. The Bertz CT molecular complexity index is 1030. The van der Waals surface area contributed by atoms with E-state index < -0.39 is 17.7 Å². The molecule has 156 valence electrons. The van der Waals surface area contributed by atoms with Crippen LogP contribution in [-0.2, 0) is 11.0 Å². The van der Waals surface area contributed by atoms with E-state index >= 15 is 0 Å². The van der Waals surface area contributed by atoms with E-state index in [2.05, 4.69) is 24.7 Å². The summed E-state index contributed by atoms with van der Waals surface area (Å²) in [5.74, 6) is 0.621. The van der Waals surface area contributed by atoms with Crippen LogP contribution >= 0.6 is 0 Å². The lowest BCUT2D eigenvalue weighted by molar-refractivity contribution is 0.251. The molecular weight excluding hydrogens is 397 g/mol. The van der Waals surface area contributed by atoms with E-state index in [0.717, 1.165) is 17.5 Å². The van der Waals surface area contributed by atoms with Crippen LogP contribution in [0.2, 0.25) is 0 Å². The van der Waals surface area contributed by atoms with Gasteiger partial charge < -0.3 is 14.5 Å². The summed E-state index contributed by atoms with van der Waals surface area (Å²) in [7, 11) is -0.189. The van der Waals surface area contributed by atoms with E-state index in [1.54, 1.807) is 6.20 Å². The molecule has 2 unspecified atom stereocenters. The molecule has 0 aromatic carbocycles. The quantitative estimate of drug-likeness (QED) is 0.547. The van der Waals surface area contributed by atoms with Crippen molar-refractivity contribution in [1.29, 1.82) is 0 Å². The molecule has 2 atom stereocenters. The first kappa shape index (κ1) is 21.0. The fourth-order valence-corrected chi connectivity index (χ4v) is 3.70. The minimum Gasteiger partial charge on any atom is -0.484 e. The second kappa shape index (κ2) is 9.17. The van der Waals surface area contributed by atoms with Crippen LogP contribution in [0.25, 0.3) is 11.0 Å². The summed E-state index contributed by atoms with van der Waals surface area (Å²) in [6, 6.07) is 3.72. The number of pyridine rings is 1. The summed E-state index contributed by atoms with van der Waals surface area (Å²) in [6.07, 6.45) is 2.42. The number of nitrogens with zero attached hydrogens (tertiary/aromatic N) is 3. The number of alkyl halides is 1. The zero-order chi connectivity index (χ0) is 21.0. The average Bonchev–Trinajstić information content (AvgIpc) is 3.14. The summed E-state index contributed by atoms with van der Waals surface area (Å²) in [5.41, 5.74) is 2.09. The largest absolute Gasteiger partial charge is 0.484 e. The van der Waals surface area contributed by atoms with Gasteiger partial charge in [0.2, 0.25) is 11.7 Å². The lowest BCUT2D eigenvalue weighted by atomic mass is 10.0. The highest BCUT2D eigenvalue weighted by molar-refractivity contribution is 7.86. The van der Waals surface area contributed by atoms with Gasteiger partial charge in [0.1, 0.15) is 18.9 Å². The number of nitrogens with one attached hydrogen (secondary N) is 2. The third kappa shape index (κ3) is 4.47. The predicted octanol–water partition coefficient (Wildman–Crippen LogP) is 3.67. The van der Waals surface area contributed by atoms with E-state index in [-0.39, 0.29) is 24.4 Å². The van der Waals surface area contributed by atoms with Crippen LogP contribution < -0.4 is 14.2 Å². The van der Waals surface area contributed by atoms with Crippen molar-refractivity contribution >= 4 is 28.0 Å². The van der Waals surface area contributed by atoms with Crippen molar-refractivity contribution in [1.82, 2.24) is 19.9 Å². The number of hydrogen-bond acceptors (Lipinski definition) is 6. The maximum Gasteiger partial charge on any atom is 0.262 e. The number of ether oxygens (including phenoxy) is 2. The molecule has 0 aliphatic rings. The lowest BCUT2D eigenvalue weighted by Crippen LogP contribution is -2.13. The second-order valence-electron chi connectivity index (χ2n) is 6.49. The number of hydrogen-bond donors (Lipinski definition) is 2. The molecule has 10 heteroatoms. The van der Waals surface area contributed by atoms with E-state index in [1.165, 1.54) is 7.11 Å². The highest BCUT2D eigenvalue weighted by atomic mass is 32.2. The topological polar surface area (TPSA) is 102 Å². The Hall–Kier alpha value is -2.75. The summed E-state index contributed by atoms with van der Waals surface area (Å²) in [5, 5.41) is 0.749. The third-order valence-corrected chi connectivity index (χ3v) is 5.59. The Kier molecular flexibility index (Phi) is 6.63. The summed E-state index contributed by atoms with van der Waals surface area (Å²) in [6.45, 7) is 5.10. The van der Waals surface area contributed by atoms with Gasteiger partial charge in [-0.05, 0) is 25.5 Å². The highest BCUT2D eigenvalue weighted by Gasteiger charge is 2.22. The van der Waals surface area contributed by atoms with Gasteiger partial charge in [-0.15, -0.1) is 0 Å². The van der Waals surface area contributed by atoms with Gasteiger partial charge in [-0.2, -0.15) is 4.98 Å². The minimum atomic E-state index is -1.63. The van der Waals surface area contributed by atoms with E-state index in [4.69, 9.17) is 9.47 Å². The molecule has 3 aromatic rings. The van der Waals surface area contributed by atoms with Crippen molar-refractivity contribution in [2.24, 2.45) is 0 Å². The van der Waals surface area contributed by atoms with Crippen LogP contribution in [0.15, 0.2) is 23.2 Å². The smallest absolute Gasteiger partial charge is 0.262 e. The van der Waals surface area contributed by atoms with Gasteiger partial charge in [0.25, 0.3) is 5.88 Å². The van der Waals surface area contributed by atoms with Gasteiger partial charge in [-0.25, -0.2) is 18.6 Å². The molecule has 0 amide bonds. The zero-order valence-electron chi connectivity index (χ0n) is 16.8. The van der Waals surface area contributed by atoms with Crippen LogP contribution in [-0.4, -0.2) is 44.5 Å². The molecule has 0 saturated heterocycles. The number of rotatable bonds is 9. The van der Waals surface area contributed by atoms with Gasteiger partial charge in [0.05, 0.1) is 17.7 Å². The summed E-state index contributed by atoms with van der Waals surface area (Å²) in [4.78, 5) is 16.7. The minimum absolute atomic E-state index is 0.00996. The number of aromatic amines is 1. The van der Waals surface area contributed by atoms with Gasteiger partial charge in [0, 0.05) is 23.2 Å². The van der Waals surface area contributed by atoms with Crippen molar-refractivity contribution in [3.05, 3.63) is 29.7 Å². The van der Waals surface area contributed by atoms with E-state index in [9.17, 15) is 8.60 Å². The van der Waals surface area contributed by atoms with Crippen LogP contribution in [0.1, 0.15) is 37.6 Å². The summed E-state index contributed by atoms with van der Waals surface area (Å²) >= 11 is 0. The zero-order valence-corrected chi connectivity index (χ0v) is 17.6. The SMILES string of the molecule is CCC(C)c1nc(NS(=O)c2c[nH]c3nc(C)ccc23)nc(OC)c1OCCF. The molecule has 0 aliphatic heterocycles. The van der Waals surface area contributed by atoms with Crippen molar-refractivity contribution in [2.75, 3.05) is 25.1 Å². The normalized spacial score (nSPS) is 13.3. The number of H-pyrrole nitrogens is 1. The Morgan fingerprint density at radius 1 is 1.31 bits per heavy atom. The maximum absolute atomic E-state index is 12.9. The Morgan fingerprint density at radius 3 is 2.79 bits per heavy atom. The number of aromatic nitrogens is 4. The molecule has 29 heavy (non-hydrogen) atoms. The van der Waals surface area contributed by atoms with Crippen LogP contribution in [0.4, 0.5) is 10.3 Å². The van der Waals surface area contributed by atoms with Crippen LogP contribution in [0, 0.1) is 6.92 Å². The Balaban J connectivity index is 1.96. The first-order valence-electron chi connectivity index (χ1n) is 9.26. The molecule has 0 spiro atoms. The Morgan fingerprint density at radius 2 is 2.10 bits per heavy atom. The van der Waals surface area contributed by atoms with E-state index in [1.807, 2.05) is 32.9 Å². The predicted molar refractivity (Wildman–Crippen MR) is 110 cm³/mol. The molecule has 0 radical (unpaired) electrons. The molecule has 2 N–H and O–H groups in total. The van der Waals surface area contributed by atoms with Crippen LogP contribution in [0.3, 0.4) is 0 Å². The molecule has 8 nitrogen and oxygen atoms in total. The standard InChI is InChI=1S/C19H24FN5O3S/c1-5-11(2)15-16(28-9-8-20)18(27-4)24-19(23-15)25-29(26)14-10-21-17-13(14)7-6-12(3)22-17/h6-7,10-11H,5,8-9H2,1-4H3,(H,21,22)(H,23,24,25).